The highest BCUT2D eigenvalue weighted by Crippen LogP contribution is 2.32. The molecule has 1 aliphatic rings. The van der Waals surface area contributed by atoms with Crippen molar-refractivity contribution in [3.8, 4) is 6.07 Å². The van der Waals surface area contributed by atoms with Crippen molar-refractivity contribution in [2.24, 2.45) is 0 Å². The van der Waals surface area contributed by atoms with Gasteiger partial charge in [-0.3, -0.25) is 14.4 Å². The van der Waals surface area contributed by atoms with Crippen LogP contribution in [0.2, 0.25) is 0 Å². The van der Waals surface area contributed by atoms with Crippen molar-refractivity contribution >= 4 is 22.6 Å². The van der Waals surface area contributed by atoms with Gasteiger partial charge in [-0.25, -0.2) is 8.78 Å². The molecule has 7 nitrogen and oxygen atoms in total. The second-order valence-electron chi connectivity index (χ2n) is 6.44. The van der Waals surface area contributed by atoms with Crippen LogP contribution in [0, 0.1) is 11.3 Å². The summed E-state index contributed by atoms with van der Waals surface area (Å²) in [7, 11) is 0. The molecule has 1 aromatic carbocycles. The minimum absolute atomic E-state index is 0.147. The number of benzene rings is 1. The first-order chi connectivity index (χ1) is 12.7. The molecule has 0 spiro atoms. The second-order valence-corrected chi connectivity index (χ2v) is 6.44. The van der Waals surface area contributed by atoms with Gasteiger partial charge in [-0.2, -0.15) is 5.26 Å². The fourth-order valence-corrected chi connectivity index (χ4v) is 3.15. The quantitative estimate of drug-likeness (QED) is 0.847. The highest BCUT2D eigenvalue weighted by atomic mass is 19.3. The van der Waals surface area contributed by atoms with Gasteiger partial charge in [0.15, 0.2) is 0 Å². The Kier molecular flexibility index (Phi) is 4.66. The number of amides is 2. The molecule has 1 aromatic heterocycles. The Morgan fingerprint density at radius 1 is 1.37 bits per heavy atom. The molecule has 1 saturated heterocycles. The van der Waals surface area contributed by atoms with Gasteiger partial charge in [-0.15, -0.1) is 0 Å². The predicted octanol–water partition coefficient (Wildman–Crippen LogP) is 1.41. The third-order valence-corrected chi connectivity index (χ3v) is 4.47. The van der Waals surface area contributed by atoms with Gasteiger partial charge in [-0.05, 0) is 13.0 Å². The third kappa shape index (κ3) is 3.51. The Balaban J connectivity index is 1.81. The Morgan fingerprint density at radius 3 is 2.70 bits per heavy atom. The van der Waals surface area contributed by atoms with E-state index in [1.165, 1.54) is 13.1 Å². The molecule has 2 amide bonds. The Hall–Kier alpha value is -3.28. The number of fused-ring (bicyclic) bond motifs is 1. The Bertz CT molecular complexity index is 1010. The van der Waals surface area contributed by atoms with Crippen molar-refractivity contribution in [1.29, 1.82) is 5.26 Å². The number of pyridine rings is 1. The number of carbonyl (C=O) groups excluding carboxylic acids is 2. The van der Waals surface area contributed by atoms with Gasteiger partial charge in [0.1, 0.15) is 12.1 Å². The number of likely N-dealkylation sites (tertiary alicyclic amines) is 1. The molecule has 2 heterocycles. The smallest absolute Gasteiger partial charge is 0.268 e. The molecular weight excluding hydrogens is 358 g/mol. The van der Waals surface area contributed by atoms with Crippen LogP contribution in [0.5, 0.6) is 0 Å². The van der Waals surface area contributed by atoms with E-state index in [1.54, 1.807) is 30.3 Å². The number of aromatic amines is 1. The minimum Gasteiger partial charge on any atom is -0.340 e. The normalized spacial score (nSPS) is 19.5. The molecule has 0 aliphatic carbocycles. The molecule has 1 aliphatic heterocycles. The summed E-state index contributed by atoms with van der Waals surface area (Å²) in [5.41, 5.74) is -0.212. The van der Waals surface area contributed by atoms with E-state index in [-0.39, 0.29) is 11.1 Å². The van der Waals surface area contributed by atoms with Crippen LogP contribution in [0.3, 0.4) is 0 Å². The largest absolute Gasteiger partial charge is 0.340 e. The number of nitrogens with zero attached hydrogens (tertiary/aromatic N) is 2. The van der Waals surface area contributed by atoms with Gasteiger partial charge in [0, 0.05) is 23.4 Å². The molecule has 0 saturated carbocycles. The Morgan fingerprint density at radius 2 is 2.04 bits per heavy atom. The highest BCUT2D eigenvalue weighted by Gasteiger charge is 2.48. The molecule has 27 heavy (non-hydrogen) atoms. The summed E-state index contributed by atoms with van der Waals surface area (Å²) in [4.78, 5) is 40.1. The maximum atomic E-state index is 13.5. The fourth-order valence-electron chi connectivity index (χ4n) is 3.15. The van der Waals surface area contributed by atoms with Crippen molar-refractivity contribution in [2.45, 2.75) is 31.4 Å². The second kappa shape index (κ2) is 6.79. The number of aromatic nitrogens is 1. The lowest BCUT2D eigenvalue weighted by Crippen LogP contribution is -2.48. The number of H-pyrrole nitrogens is 1. The van der Waals surface area contributed by atoms with Gasteiger partial charge in [-0.1, -0.05) is 18.2 Å². The fraction of sp³-hybridized carbons (Fsp3) is 0.333. The lowest BCUT2D eigenvalue weighted by atomic mass is 10.1. The monoisotopic (exact) mass is 374 g/mol. The summed E-state index contributed by atoms with van der Waals surface area (Å²) < 4.78 is 27.1. The van der Waals surface area contributed by atoms with Crippen molar-refractivity contribution in [3.63, 3.8) is 0 Å². The average Bonchev–Trinajstić information content (AvgIpc) is 2.96. The number of carbonyl (C=O) groups is 2. The summed E-state index contributed by atoms with van der Waals surface area (Å²) >= 11 is 0. The van der Waals surface area contributed by atoms with Crippen LogP contribution in [0.15, 0.2) is 35.3 Å². The molecular formula is C18H16F2N4O3. The molecule has 2 aromatic rings. The Labute approximate surface area is 152 Å². The molecule has 0 radical (unpaired) electrons. The number of nitrogens with one attached hydrogen (secondary N) is 2. The van der Waals surface area contributed by atoms with E-state index in [0.29, 0.717) is 10.8 Å². The van der Waals surface area contributed by atoms with Crippen molar-refractivity contribution in [2.75, 3.05) is 6.54 Å². The number of halogens is 2. The van der Waals surface area contributed by atoms with Crippen molar-refractivity contribution in [3.05, 3.63) is 46.4 Å². The first-order valence-electron chi connectivity index (χ1n) is 8.23. The molecule has 140 valence electrons. The van der Waals surface area contributed by atoms with E-state index >= 15 is 0 Å². The zero-order valence-electron chi connectivity index (χ0n) is 14.3. The molecule has 2 N–H and O–H groups in total. The van der Waals surface area contributed by atoms with E-state index < -0.39 is 42.8 Å². The number of hydrogen-bond donors (Lipinski definition) is 2. The number of alkyl halides is 2. The van der Waals surface area contributed by atoms with Gasteiger partial charge in [0.05, 0.1) is 18.2 Å². The summed E-state index contributed by atoms with van der Waals surface area (Å²) in [6, 6.07) is 5.81. The summed E-state index contributed by atoms with van der Waals surface area (Å²) in [5.74, 6) is -4.53. The zero-order chi connectivity index (χ0) is 19.8. The summed E-state index contributed by atoms with van der Waals surface area (Å²) in [6.45, 7) is 0.505. The molecule has 1 fully saturated rings. The molecule has 0 bridgehead atoms. The highest BCUT2D eigenvalue weighted by molar-refractivity contribution is 6.07. The molecule has 2 atom stereocenters. The van der Waals surface area contributed by atoms with Gasteiger partial charge < -0.3 is 15.2 Å². The van der Waals surface area contributed by atoms with Gasteiger partial charge in [0.25, 0.3) is 17.4 Å². The van der Waals surface area contributed by atoms with E-state index in [9.17, 15) is 23.2 Å². The van der Waals surface area contributed by atoms with E-state index in [0.717, 1.165) is 4.90 Å². The topological polar surface area (TPSA) is 106 Å². The first kappa shape index (κ1) is 18.5. The van der Waals surface area contributed by atoms with Gasteiger partial charge >= 0.3 is 0 Å². The van der Waals surface area contributed by atoms with Crippen LogP contribution in [-0.4, -0.2) is 46.2 Å². The SMILES string of the molecule is CC(NC(=O)c1c[nH]c(=O)c2ccccc12)C(=O)N1CC(F)(F)C[C@H]1C#N. The van der Waals surface area contributed by atoms with E-state index in [4.69, 9.17) is 5.26 Å². The summed E-state index contributed by atoms with van der Waals surface area (Å²) in [6.07, 6.45) is 0.514. The first-order valence-corrected chi connectivity index (χ1v) is 8.23. The zero-order valence-corrected chi connectivity index (χ0v) is 14.3. The predicted molar refractivity (Wildman–Crippen MR) is 92.2 cm³/mol. The van der Waals surface area contributed by atoms with Crippen LogP contribution < -0.4 is 10.9 Å². The van der Waals surface area contributed by atoms with E-state index in [1.807, 2.05) is 0 Å². The van der Waals surface area contributed by atoms with Crippen LogP contribution in [-0.2, 0) is 4.79 Å². The molecule has 3 rings (SSSR count). The molecule has 9 heteroatoms. The van der Waals surface area contributed by atoms with Crippen molar-refractivity contribution < 1.29 is 18.4 Å². The lowest BCUT2D eigenvalue weighted by molar-refractivity contribution is -0.134. The maximum absolute atomic E-state index is 13.5. The lowest BCUT2D eigenvalue weighted by Gasteiger charge is -2.23. The average molecular weight is 374 g/mol. The number of nitriles is 1. The van der Waals surface area contributed by atoms with E-state index in [2.05, 4.69) is 10.3 Å². The number of rotatable bonds is 3. The number of hydrogen-bond acceptors (Lipinski definition) is 4. The van der Waals surface area contributed by atoms with Crippen molar-refractivity contribution in [1.82, 2.24) is 15.2 Å². The third-order valence-electron chi connectivity index (χ3n) is 4.47. The van der Waals surface area contributed by atoms with Crippen LogP contribution >= 0.6 is 0 Å². The maximum Gasteiger partial charge on any atom is 0.268 e. The van der Waals surface area contributed by atoms with Crippen LogP contribution in [0.1, 0.15) is 23.7 Å². The molecule has 1 unspecified atom stereocenters. The minimum atomic E-state index is -3.13. The summed E-state index contributed by atoms with van der Waals surface area (Å²) in [5, 5.41) is 12.2. The van der Waals surface area contributed by atoms with Gasteiger partial charge in [0.2, 0.25) is 5.91 Å². The van der Waals surface area contributed by atoms with Crippen LogP contribution in [0.25, 0.3) is 10.8 Å². The standard InChI is InChI=1S/C18H16F2N4O3/c1-10(17(27)24-9-18(19,20)6-11(24)7-21)23-16(26)14-8-22-15(25)13-5-3-2-4-12(13)14/h2-5,8,10-11H,6,9H2,1H3,(H,22,25)(H,23,26)/t10?,11-/m0/s1. The van der Waals surface area contributed by atoms with Crippen LogP contribution in [0.4, 0.5) is 8.78 Å².